The molecule has 114 valence electrons. The SMILES string of the molecule is CCNC(CCS(C)(=O)=O)c1c(OC)cccc1OC. The Kier molecular flexibility index (Phi) is 6.29. The van der Waals surface area contributed by atoms with Crippen molar-refractivity contribution in [2.24, 2.45) is 0 Å². The van der Waals surface area contributed by atoms with Gasteiger partial charge in [0.1, 0.15) is 21.3 Å². The number of ether oxygens (including phenoxy) is 2. The summed E-state index contributed by atoms with van der Waals surface area (Å²) >= 11 is 0. The van der Waals surface area contributed by atoms with Crippen LogP contribution < -0.4 is 14.8 Å². The molecule has 1 N–H and O–H groups in total. The average molecular weight is 301 g/mol. The van der Waals surface area contributed by atoms with E-state index in [-0.39, 0.29) is 11.8 Å². The van der Waals surface area contributed by atoms with Gasteiger partial charge in [-0.05, 0) is 25.1 Å². The highest BCUT2D eigenvalue weighted by molar-refractivity contribution is 7.90. The van der Waals surface area contributed by atoms with E-state index in [0.717, 1.165) is 12.1 Å². The van der Waals surface area contributed by atoms with Gasteiger partial charge in [-0.25, -0.2) is 8.42 Å². The second kappa shape index (κ2) is 7.50. The van der Waals surface area contributed by atoms with Crippen molar-refractivity contribution in [2.75, 3.05) is 32.8 Å². The first-order chi connectivity index (χ1) is 9.42. The maximum Gasteiger partial charge on any atom is 0.147 e. The third-order valence-corrected chi connectivity index (χ3v) is 4.02. The van der Waals surface area contributed by atoms with Crippen LogP contribution in [0, 0.1) is 0 Å². The van der Waals surface area contributed by atoms with Crippen LogP contribution in [0.2, 0.25) is 0 Å². The summed E-state index contributed by atoms with van der Waals surface area (Å²) in [6, 6.07) is 5.42. The van der Waals surface area contributed by atoms with Crippen LogP contribution in [0.25, 0.3) is 0 Å². The number of sulfone groups is 1. The molecule has 0 fully saturated rings. The molecule has 0 aliphatic heterocycles. The van der Waals surface area contributed by atoms with Gasteiger partial charge in [-0.1, -0.05) is 13.0 Å². The highest BCUT2D eigenvalue weighted by atomic mass is 32.2. The van der Waals surface area contributed by atoms with Crippen LogP contribution in [-0.4, -0.2) is 41.2 Å². The van der Waals surface area contributed by atoms with Crippen LogP contribution in [-0.2, 0) is 9.84 Å². The molecule has 0 heterocycles. The summed E-state index contributed by atoms with van der Waals surface area (Å²) in [5.74, 6) is 1.51. The Hall–Kier alpha value is -1.27. The lowest BCUT2D eigenvalue weighted by Gasteiger charge is -2.22. The molecule has 0 aromatic heterocycles. The van der Waals surface area contributed by atoms with E-state index >= 15 is 0 Å². The van der Waals surface area contributed by atoms with Gasteiger partial charge in [-0.15, -0.1) is 0 Å². The Balaban J connectivity index is 3.12. The smallest absolute Gasteiger partial charge is 0.147 e. The maximum atomic E-state index is 11.4. The average Bonchev–Trinajstić information content (AvgIpc) is 2.41. The second-order valence-corrected chi connectivity index (χ2v) is 6.86. The Bertz CT molecular complexity index is 506. The minimum atomic E-state index is -3.01. The Morgan fingerprint density at radius 1 is 1.20 bits per heavy atom. The van der Waals surface area contributed by atoms with Crippen molar-refractivity contribution >= 4 is 9.84 Å². The van der Waals surface area contributed by atoms with E-state index in [1.54, 1.807) is 14.2 Å². The fourth-order valence-corrected chi connectivity index (χ4v) is 2.81. The Morgan fingerprint density at radius 3 is 2.15 bits per heavy atom. The van der Waals surface area contributed by atoms with Gasteiger partial charge in [0, 0.05) is 12.3 Å². The number of hydrogen-bond donors (Lipinski definition) is 1. The first-order valence-electron chi connectivity index (χ1n) is 6.55. The fourth-order valence-electron chi connectivity index (χ4n) is 2.15. The van der Waals surface area contributed by atoms with Crippen molar-refractivity contribution in [1.82, 2.24) is 5.32 Å². The quantitative estimate of drug-likeness (QED) is 0.793. The van der Waals surface area contributed by atoms with Crippen LogP contribution in [0.5, 0.6) is 11.5 Å². The Labute approximate surface area is 121 Å². The van der Waals surface area contributed by atoms with Crippen LogP contribution >= 0.6 is 0 Å². The topological polar surface area (TPSA) is 64.6 Å². The molecule has 1 unspecified atom stereocenters. The van der Waals surface area contributed by atoms with Gasteiger partial charge in [-0.2, -0.15) is 0 Å². The Morgan fingerprint density at radius 2 is 1.75 bits per heavy atom. The summed E-state index contributed by atoms with van der Waals surface area (Å²) in [6.07, 6.45) is 1.72. The van der Waals surface area contributed by atoms with Gasteiger partial charge in [-0.3, -0.25) is 0 Å². The lowest BCUT2D eigenvalue weighted by molar-refractivity contribution is 0.369. The van der Waals surface area contributed by atoms with Crippen LogP contribution in [0.3, 0.4) is 0 Å². The van der Waals surface area contributed by atoms with E-state index in [4.69, 9.17) is 9.47 Å². The molecule has 6 heteroatoms. The zero-order chi connectivity index (χ0) is 15.2. The number of benzene rings is 1. The molecular formula is C14H23NO4S. The standard InChI is InChI=1S/C14H23NO4S/c1-5-15-11(9-10-20(4,16)17)14-12(18-2)7-6-8-13(14)19-3/h6-8,11,15H,5,9-10H2,1-4H3. The molecule has 1 rings (SSSR count). The summed E-state index contributed by atoms with van der Waals surface area (Å²) in [5.41, 5.74) is 0.864. The van der Waals surface area contributed by atoms with Crippen molar-refractivity contribution in [1.29, 1.82) is 0 Å². The van der Waals surface area contributed by atoms with Crippen LogP contribution in [0.15, 0.2) is 18.2 Å². The summed E-state index contributed by atoms with van der Waals surface area (Å²) in [7, 11) is 0.184. The summed E-state index contributed by atoms with van der Waals surface area (Å²) in [6.45, 7) is 2.71. The molecule has 1 aromatic carbocycles. The van der Waals surface area contributed by atoms with Gasteiger partial charge in [0.05, 0.1) is 25.5 Å². The number of nitrogens with one attached hydrogen (secondary N) is 1. The number of methoxy groups -OCH3 is 2. The lowest BCUT2D eigenvalue weighted by atomic mass is 10.0. The van der Waals surface area contributed by atoms with E-state index in [9.17, 15) is 8.42 Å². The van der Waals surface area contributed by atoms with Crippen molar-refractivity contribution in [2.45, 2.75) is 19.4 Å². The molecule has 0 aliphatic rings. The highest BCUT2D eigenvalue weighted by Crippen LogP contribution is 2.35. The third-order valence-electron chi connectivity index (χ3n) is 3.04. The molecule has 0 amide bonds. The summed E-state index contributed by atoms with van der Waals surface area (Å²) < 4.78 is 33.5. The zero-order valence-electron chi connectivity index (χ0n) is 12.5. The zero-order valence-corrected chi connectivity index (χ0v) is 13.3. The van der Waals surface area contributed by atoms with Crippen molar-refractivity contribution in [3.05, 3.63) is 23.8 Å². The second-order valence-electron chi connectivity index (χ2n) is 4.61. The first kappa shape index (κ1) is 16.8. The molecule has 0 saturated carbocycles. The molecule has 20 heavy (non-hydrogen) atoms. The number of rotatable bonds is 8. The number of hydrogen-bond acceptors (Lipinski definition) is 5. The lowest BCUT2D eigenvalue weighted by Crippen LogP contribution is -2.24. The van der Waals surface area contributed by atoms with Gasteiger partial charge < -0.3 is 14.8 Å². The van der Waals surface area contributed by atoms with E-state index in [0.29, 0.717) is 17.9 Å². The molecule has 1 atom stereocenters. The normalized spacial score (nSPS) is 13.0. The molecule has 0 spiro atoms. The maximum absolute atomic E-state index is 11.4. The third kappa shape index (κ3) is 4.68. The van der Waals surface area contributed by atoms with Crippen LogP contribution in [0.4, 0.5) is 0 Å². The molecule has 0 saturated heterocycles. The molecule has 0 aliphatic carbocycles. The summed E-state index contributed by atoms with van der Waals surface area (Å²) in [5, 5.41) is 3.30. The van der Waals surface area contributed by atoms with E-state index in [1.165, 1.54) is 6.26 Å². The minimum absolute atomic E-state index is 0.117. The summed E-state index contributed by atoms with van der Waals surface area (Å²) in [4.78, 5) is 0. The molecule has 0 bridgehead atoms. The highest BCUT2D eigenvalue weighted by Gasteiger charge is 2.21. The molecule has 1 aromatic rings. The predicted octanol–water partition coefficient (Wildman–Crippen LogP) is 1.79. The molecule has 5 nitrogen and oxygen atoms in total. The fraction of sp³-hybridized carbons (Fsp3) is 0.571. The van der Waals surface area contributed by atoms with Gasteiger partial charge in [0.15, 0.2) is 0 Å². The van der Waals surface area contributed by atoms with E-state index < -0.39 is 9.84 Å². The molecule has 0 radical (unpaired) electrons. The van der Waals surface area contributed by atoms with Crippen molar-refractivity contribution in [3.63, 3.8) is 0 Å². The van der Waals surface area contributed by atoms with E-state index in [2.05, 4.69) is 5.32 Å². The predicted molar refractivity (Wildman–Crippen MR) is 80.3 cm³/mol. The minimum Gasteiger partial charge on any atom is -0.496 e. The van der Waals surface area contributed by atoms with Gasteiger partial charge in [0.25, 0.3) is 0 Å². The van der Waals surface area contributed by atoms with Gasteiger partial charge >= 0.3 is 0 Å². The first-order valence-corrected chi connectivity index (χ1v) is 8.61. The van der Waals surface area contributed by atoms with Crippen LogP contribution in [0.1, 0.15) is 24.9 Å². The van der Waals surface area contributed by atoms with Crippen molar-refractivity contribution in [3.8, 4) is 11.5 Å². The monoisotopic (exact) mass is 301 g/mol. The van der Waals surface area contributed by atoms with E-state index in [1.807, 2.05) is 25.1 Å². The van der Waals surface area contributed by atoms with Crippen molar-refractivity contribution < 1.29 is 17.9 Å². The molecular weight excluding hydrogens is 278 g/mol. The largest absolute Gasteiger partial charge is 0.496 e. The van der Waals surface area contributed by atoms with Gasteiger partial charge in [0.2, 0.25) is 0 Å².